The summed E-state index contributed by atoms with van der Waals surface area (Å²) in [6.07, 6.45) is 1.19. The molecule has 1 aliphatic rings. The van der Waals surface area contributed by atoms with Crippen LogP contribution in [0.4, 0.5) is 0 Å². The Hall–Kier alpha value is -0.760. The van der Waals surface area contributed by atoms with Gasteiger partial charge in [-0.25, -0.2) is 0 Å². The SMILES string of the molecule is Cc1ccc(C2CC(C)NC2C)o1. The highest BCUT2D eigenvalue weighted by atomic mass is 16.3. The van der Waals surface area contributed by atoms with Crippen molar-refractivity contribution in [3.63, 3.8) is 0 Å². The molecular weight excluding hydrogens is 162 g/mol. The minimum absolute atomic E-state index is 0.542. The topological polar surface area (TPSA) is 25.2 Å². The van der Waals surface area contributed by atoms with Crippen LogP contribution in [0.25, 0.3) is 0 Å². The lowest BCUT2D eigenvalue weighted by Gasteiger charge is -2.11. The highest BCUT2D eigenvalue weighted by molar-refractivity contribution is 5.14. The molecule has 72 valence electrons. The van der Waals surface area contributed by atoms with Gasteiger partial charge >= 0.3 is 0 Å². The maximum Gasteiger partial charge on any atom is 0.108 e. The molecule has 0 radical (unpaired) electrons. The van der Waals surface area contributed by atoms with Crippen molar-refractivity contribution in [3.05, 3.63) is 23.7 Å². The van der Waals surface area contributed by atoms with E-state index < -0.39 is 0 Å². The van der Waals surface area contributed by atoms with E-state index in [4.69, 9.17) is 4.42 Å². The lowest BCUT2D eigenvalue weighted by molar-refractivity contribution is 0.426. The summed E-state index contributed by atoms with van der Waals surface area (Å²) >= 11 is 0. The van der Waals surface area contributed by atoms with E-state index in [1.165, 1.54) is 6.42 Å². The predicted octanol–water partition coefficient (Wildman–Crippen LogP) is 2.44. The molecule has 3 unspecified atom stereocenters. The second-order valence-electron chi connectivity index (χ2n) is 4.15. The first-order valence-corrected chi connectivity index (χ1v) is 4.99. The van der Waals surface area contributed by atoms with E-state index in [9.17, 15) is 0 Å². The van der Waals surface area contributed by atoms with Gasteiger partial charge in [0.25, 0.3) is 0 Å². The fourth-order valence-corrected chi connectivity index (χ4v) is 2.23. The molecule has 0 aliphatic carbocycles. The Balaban J connectivity index is 2.17. The van der Waals surface area contributed by atoms with Crippen LogP contribution in [-0.2, 0) is 0 Å². The smallest absolute Gasteiger partial charge is 0.108 e. The van der Waals surface area contributed by atoms with Crippen molar-refractivity contribution < 1.29 is 4.42 Å². The fourth-order valence-electron chi connectivity index (χ4n) is 2.23. The van der Waals surface area contributed by atoms with Crippen molar-refractivity contribution in [2.24, 2.45) is 0 Å². The molecule has 2 nitrogen and oxygen atoms in total. The molecule has 1 saturated heterocycles. The monoisotopic (exact) mass is 179 g/mol. The lowest BCUT2D eigenvalue weighted by atomic mass is 9.98. The van der Waals surface area contributed by atoms with Gasteiger partial charge in [-0.15, -0.1) is 0 Å². The number of aryl methyl sites for hydroxylation is 1. The molecule has 13 heavy (non-hydrogen) atoms. The van der Waals surface area contributed by atoms with Gasteiger partial charge in [-0.1, -0.05) is 0 Å². The molecule has 1 aliphatic heterocycles. The summed E-state index contributed by atoms with van der Waals surface area (Å²) in [4.78, 5) is 0. The van der Waals surface area contributed by atoms with Gasteiger partial charge in [0, 0.05) is 18.0 Å². The third-order valence-corrected chi connectivity index (χ3v) is 2.89. The minimum atomic E-state index is 0.542. The summed E-state index contributed by atoms with van der Waals surface area (Å²) in [5.74, 6) is 2.72. The maximum absolute atomic E-state index is 5.65. The normalized spacial score (nSPS) is 33.9. The van der Waals surface area contributed by atoms with Crippen molar-refractivity contribution in [2.45, 2.75) is 45.2 Å². The fraction of sp³-hybridized carbons (Fsp3) is 0.636. The molecule has 2 heterocycles. The van der Waals surface area contributed by atoms with Gasteiger partial charge in [0.1, 0.15) is 11.5 Å². The zero-order chi connectivity index (χ0) is 9.42. The Bertz CT molecular complexity index is 292. The van der Waals surface area contributed by atoms with Crippen LogP contribution in [0, 0.1) is 6.92 Å². The van der Waals surface area contributed by atoms with Gasteiger partial charge in [-0.2, -0.15) is 0 Å². The van der Waals surface area contributed by atoms with Crippen LogP contribution in [0.3, 0.4) is 0 Å². The summed E-state index contributed by atoms with van der Waals surface area (Å²) in [6, 6.07) is 5.31. The minimum Gasteiger partial charge on any atom is -0.466 e. The lowest BCUT2D eigenvalue weighted by Crippen LogP contribution is -2.25. The second-order valence-corrected chi connectivity index (χ2v) is 4.15. The van der Waals surface area contributed by atoms with E-state index in [0.717, 1.165) is 11.5 Å². The highest BCUT2D eigenvalue weighted by Crippen LogP contribution is 2.31. The number of nitrogens with one attached hydrogen (secondary N) is 1. The van der Waals surface area contributed by atoms with Crippen LogP contribution in [-0.4, -0.2) is 12.1 Å². The Morgan fingerprint density at radius 1 is 1.38 bits per heavy atom. The standard InChI is InChI=1S/C11H17NO/c1-7-6-10(9(3)12-7)11-5-4-8(2)13-11/h4-5,7,9-10,12H,6H2,1-3H3. The van der Waals surface area contributed by atoms with Crippen molar-refractivity contribution in [3.8, 4) is 0 Å². The Labute approximate surface area is 79.3 Å². The summed E-state index contributed by atoms with van der Waals surface area (Å²) in [5.41, 5.74) is 0. The Morgan fingerprint density at radius 3 is 2.62 bits per heavy atom. The summed E-state index contributed by atoms with van der Waals surface area (Å²) < 4.78 is 5.65. The van der Waals surface area contributed by atoms with Crippen LogP contribution < -0.4 is 5.32 Å². The summed E-state index contributed by atoms with van der Waals surface area (Å²) in [7, 11) is 0. The third-order valence-electron chi connectivity index (χ3n) is 2.89. The van der Waals surface area contributed by atoms with Crippen LogP contribution in [0.15, 0.2) is 16.5 Å². The van der Waals surface area contributed by atoms with Crippen molar-refractivity contribution >= 4 is 0 Å². The first kappa shape index (κ1) is 8.82. The molecule has 3 atom stereocenters. The number of furan rings is 1. The van der Waals surface area contributed by atoms with Gasteiger partial charge in [-0.3, -0.25) is 0 Å². The van der Waals surface area contributed by atoms with Crippen LogP contribution in [0.2, 0.25) is 0 Å². The Morgan fingerprint density at radius 2 is 2.15 bits per heavy atom. The summed E-state index contributed by atoms with van der Waals surface area (Å²) in [6.45, 7) is 6.46. The molecule has 0 aromatic carbocycles. The van der Waals surface area contributed by atoms with Gasteiger partial charge in [-0.05, 0) is 39.3 Å². The van der Waals surface area contributed by atoms with Crippen molar-refractivity contribution in [1.29, 1.82) is 0 Å². The van der Waals surface area contributed by atoms with E-state index in [-0.39, 0.29) is 0 Å². The molecule has 1 aromatic heterocycles. The molecule has 0 amide bonds. The van der Waals surface area contributed by atoms with Gasteiger partial charge in [0.2, 0.25) is 0 Å². The van der Waals surface area contributed by atoms with Gasteiger partial charge in [0.15, 0.2) is 0 Å². The van der Waals surface area contributed by atoms with Crippen LogP contribution in [0.1, 0.15) is 37.7 Å². The second kappa shape index (κ2) is 3.18. The van der Waals surface area contributed by atoms with Gasteiger partial charge in [0.05, 0.1) is 0 Å². The average Bonchev–Trinajstić information content (AvgIpc) is 2.58. The highest BCUT2D eigenvalue weighted by Gasteiger charge is 2.31. The number of rotatable bonds is 1. The first-order chi connectivity index (χ1) is 6.16. The largest absolute Gasteiger partial charge is 0.466 e. The van der Waals surface area contributed by atoms with E-state index in [1.807, 2.05) is 13.0 Å². The molecule has 0 bridgehead atoms. The van der Waals surface area contributed by atoms with Gasteiger partial charge < -0.3 is 9.73 Å². The quantitative estimate of drug-likeness (QED) is 0.716. The van der Waals surface area contributed by atoms with Crippen LogP contribution in [0.5, 0.6) is 0 Å². The molecule has 0 saturated carbocycles. The van der Waals surface area contributed by atoms with E-state index in [0.29, 0.717) is 18.0 Å². The Kier molecular flexibility index (Phi) is 2.16. The maximum atomic E-state index is 5.65. The summed E-state index contributed by atoms with van der Waals surface area (Å²) in [5, 5.41) is 3.51. The molecular formula is C11H17NO. The number of hydrogen-bond donors (Lipinski definition) is 1. The van der Waals surface area contributed by atoms with Crippen LogP contribution >= 0.6 is 0 Å². The van der Waals surface area contributed by atoms with E-state index in [1.54, 1.807) is 0 Å². The molecule has 2 heteroatoms. The third kappa shape index (κ3) is 1.63. The van der Waals surface area contributed by atoms with Crippen molar-refractivity contribution in [1.82, 2.24) is 5.32 Å². The molecule has 2 rings (SSSR count). The zero-order valence-corrected chi connectivity index (χ0v) is 8.50. The molecule has 1 fully saturated rings. The number of hydrogen-bond acceptors (Lipinski definition) is 2. The zero-order valence-electron chi connectivity index (χ0n) is 8.50. The first-order valence-electron chi connectivity index (χ1n) is 4.99. The van der Waals surface area contributed by atoms with Crippen molar-refractivity contribution in [2.75, 3.05) is 0 Å². The van der Waals surface area contributed by atoms with E-state index in [2.05, 4.69) is 25.2 Å². The molecule has 0 spiro atoms. The predicted molar refractivity (Wildman–Crippen MR) is 52.9 cm³/mol. The van der Waals surface area contributed by atoms with E-state index >= 15 is 0 Å². The molecule has 1 aromatic rings. The average molecular weight is 179 g/mol. The molecule has 1 N–H and O–H groups in total.